The maximum atomic E-state index is 13.6. The Labute approximate surface area is 198 Å². The van der Waals surface area contributed by atoms with Crippen LogP contribution in [0.2, 0.25) is 0 Å². The highest BCUT2D eigenvalue weighted by molar-refractivity contribution is 7.12. The number of halogens is 1. The summed E-state index contributed by atoms with van der Waals surface area (Å²) in [5.41, 5.74) is 2.28. The van der Waals surface area contributed by atoms with Gasteiger partial charge in [0.15, 0.2) is 0 Å². The fourth-order valence-corrected chi connectivity index (χ4v) is 4.55. The van der Waals surface area contributed by atoms with Crippen LogP contribution in [0.4, 0.5) is 10.3 Å². The number of benzene rings is 1. The average Bonchev–Trinajstić information content (AvgIpc) is 3.48. The van der Waals surface area contributed by atoms with Crippen molar-refractivity contribution in [3.63, 3.8) is 0 Å². The van der Waals surface area contributed by atoms with E-state index in [2.05, 4.69) is 26.9 Å². The van der Waals surface area contributed by atoms with Crippen molar-refractivity contribution in [1.82, 2.24) is 19.9 Å². The van der Waals surface area contributed by atoms with Crippen molar-refractivity contribution in [2.45, 2.75) is 6.54 Å². The summed E-state index contributed by atoms with van der Waals surface area (Å²) in [5.74, 6) is 0.377. The summed E-state index contributed by atoms with van der Waals surface area (Å²) in [6.45, 7) is 5.14. The first-order valence-corrected chi connectivity index (χ1v) is 12.0. The Bertz CT molecular complexity index is 1040. The Morgan fingerprint density at radius 3 is 2.48 bits per heavy atom. The van der Waals surface area contributed by atoms with Gasteiger partial charge in [-0.3, -0.25) is 4.79 Å². The summed E-state index contributed by atoms with van der Waals surface area (Å²) >= 11 is 1.44. The van der Waals surface area contributed by atoms with Gasteiger partial charge in [-0.1, -0.05) is 11.2 Å². The van der Waals surface area contributed by atoms with Crippen LogP contribution in [0.5, 0.6) is 0 Å². The Balaban J connectivity index is 1.70. The molecule has 0 spiro atoms. The Morgan fingerprint density at radius 2 is 1.85 bits per heavy atom. The predicted octanol–water partition coefficient (Wildman–Crippen LogP) is 3.50. The molecule has 176 valence electrons. The van der Waals surface area contributed by atoms with E-state index in [0.717, 1.165) is 43.9 Å². The number of amides is 1. The van der Waals surface area contributed by atoms with Gasteiger partial charge in [-0.15, -0.1) is 11.3 Å². The molecule has 7 nitrogen and oxygen atoms in total. The lowest BCUT2D eigenvalue weighted by Crippen LogP contribution is -2.45. The fourth-order valence-electron chi connectivity index (χ4n) is 3.86. The number of anilines is 1. The zero-order valence-electron chi connectivity index (χ0n) is 19.3. The highest BCUT2D eigenvalue weighted by Gasteiger charge is 2.28. The highest BCUT2D eigenvalue weighted by Crippen LogP contribution is 2.33. The van der Waals surface area contributed by atoms with E-state index in [1.165, 1.54) is 23.5 Å². The zero-order chi connectivity index (χ0) is 23.4. The summed E-state index contributed by atoms with van der Waals surface area (Å²) in [6.07, 6.45) is 0. The lowest BCUT2D eigenvalue weighted by atomic mass is 10.1. The number of piperazine rings is 1. The van der Waals surface area contributed by atoms with Crippen molar-refractivity contribution in [2.24, 2.45) is 0 Å². The first kappa shape index (κ1) is 23.4. The molecule has 3 heterocycles. The second-order valence-electron chi connectivity index (χ2n) is 8.62. The van der Waals surface area contributed by atoms with Crippen molar-refractivity contribution >= 4 is 23.1 Å². The monoisotopic (exact) mass is 471 g/mol. The van der Waals surface area contributed by atoms with E-state index >= 15 is 0 Å². The second kappa shape index (κ2) is 10.5. The van der Waals surface area contributed by atoms with E-state index in [1.807, 2.05) is 36.5 Å². The van der Waals surface area contributed by atoms with Gasteiger partial charge in [0.25, 0.3) is 5.91 Å². The number of rotatable bonds is 8. The molecule has 0 bridgehead atoms. The number of nitrogens with zero attached hydrogens (tertiary/aromatic N) is 5. The standard InChI is InChI=1S/C24H30FN5O2S/c1-27(2)10-13-30(23(31)21-5-4-16-33-21)17-20-22(18-6-8-19(25)9-7-18)26-32-24(20)29-14-11-28(3)12-15-29/h4-9,16H,10-15,17H2,1-3H3. The van der Waals surface area contributed by atoms with Crippen LogP contribution in [0.1, 0.15) is 15.2 Å². The SMILES string of the molecule is CN(C)CCN(Cc1c(-c2ccc(F)cc2)noc1N1CCN(C)CC1)C(=O)c1cccs1. The topological polar surface area (TPSA) is 56.1 Å². The average molecular weight is 472 g/mol. The van der Waals surface area contributed by atoms with Gasteiger partial charge in [0.05, 0.1) is 17.0 Å². The molecule has 0 aliphatic carbocycles. The number of aromatic nitrogens is 1. The molecule has 0 radical (unpaired) electrons. The molecule has 0 unspecified atom stereocenters. The van der Waals surface area contributed by atoms with E-state index in [0.29, 0.717) is 29.5 Å². The van der Waals surface area contributed by atoms with Crippen LogP contribution in [0, 0.1) is 5.82 Å². The summed E-state index contributed by atoms with van der Waals surface area (Å²) in [7, 11) is 6.09. The van der Waals surface area contributed by atoms with Crippen molar-refractivity contribution in [1.29, 1.82) is 0 Å². The fraction of sp³-hybridized carbons (Fsp3) is 0.417. The third-order valence-electron chi connectivity index (χ3n) is 5.86. The second-order valence-corrected chi connectivity index (χ2v) is 9.57. The molecule has 0 N–H and O–H groups in total. The number of carbonyl (C=O) groups is 1. The van der Waals surface area contributed by atoms with Crippen molar-refractivity contribution in [2.75, 3.05) is 65.3 Å². The molecule has 1 saturated heterocycles. The van der Waals surface area contributed by atoms with Crippen molar-refractivity contribution < 1.29 is 13.7 Å². The molecule has 1 aliphatic heterocycles. The molecule has 1 amide bonds. The quantitative estimate of drug-likeness (QED) is 0.501. The summed E-state index contributed by atoms with van der Waals surface area (Å²) < 4.78 is 19.4. The summed E-state index contributed by atoms with van der Waals surface area (Å²) in [6, 6.07) is 9.99. The largest absolute Gasteiger partial charge is 0.338 e. The molecule has 1 fully saturated rings. The number of hydrogen-bond donors (Lipinski definition) is 0. The Morgan fingerprint density at radius 1 is 1.12 bits per heavy atom. The van der Waals surface area contributed by atoms with Gasteiger partial charge in [0.1, 0.15) is 11.5 Å². The maximum absolute atomic E-state index is 13.6. The van der Waals surface area contributed by atoms with Gasteiger partial charge in [0, 0.05) is 44.8 Å². The minimum absolute atomic E-state index is 0.0116. The minimum Gasteiger partial charge on any atom is -0.338 e. The number of thiophene rings is 1. The lowest BCUT2D eigenvalue weighted by molar-refractivity contribution is 0.0737. The minimum atomic E-state index is -0.302. The molecule has 0 atom stereocenters. The normalized spacial score (nSPS) is 14.8. The van der Waals surface area contributed by atoms with Crippen molar-refractivity contribution in [3.05, 3.63) is 58.0 Å². The van der Waals surface area contributed by atoms with Crippen molar-refractivity contribution in [3.8, 4) is 11.3 Å². The molecule has 0 saturated carbocycles. The Hall–Kier alpha value is -2.75. The molecule has 33 heavy (non-hydrogen) atoms. The van der Waals surface area contributed by atoms with Crippen LogP contribution in [0.15, 0.2) is 46.3 Å². The number of carbonyl (C=O) groups excluding carboxylic acids is 1. The molecular weight excluding hydrogens is 441 g/mol. The zero-order valence-corrected chi connectivity index (χ0v) is 20.1. The maximum Gasteiger partial charge on any atom is 0.264 e. The van der Waals surface area contributed by atoms with E-state index in [9.17, 15) is 9.18 Å². The van der Waals surface area contributed by atoms with E-state index in [-0.39, 0.29) is 11.7 Å². The van der Waals surface area contributed by atoms with Gasteiger partial charge in [-0.25, -0.2) is 4.39 Å². The first-order chi connectivity index (χ1) is 15.9. The number of likely N-dealkylation sites (N-methyl/N-ethyl adjacent to an activating group) is 2. The van der Waals surface area contributed by atoms with Gasteiger partial charge in [0.2, 0.25) is 5.88 Å². The van der Waals surface area contributed by atoms with Gasteiger partial charge in [-0.05, 0) is 56.9 Å². The summed E-state index contributed by atoms with van der Waals surface area (Å²) in [4.78, 5) is 22.4. The summed E-state index contributed by atoms with van der Waals surface area (Å²) in [5, 5.41) is 6.30. The van der Waals surface area contributed by atoms with Crippen LogP contribution in [0.25, 0.3) is 11.3 Å². The molecule has 4 rings (SSSR count). The van der Waals surface area contributed by atoms with E-state index in [4.69, 9.17) is 4.52 Å². The molecular formula is C24H30FN5O2S. The van der Waals surface area contributed by atoms with Gasteiger partial charge >= 0.3 is 0 Å². The molecule has 3 aromatic rings. The van der Waals surface area contributed by atoms with Crippen LogP contribution in [-0.2, 0) is 6.54 Å². The van der Waals surface area contributed by atoms with Crippen LogP contribution in [0.3, 0.4) is 0 Å². The lowest BCUT2D eigenvalue weighted by Gasteiger charge is -2.33. The van der Waals surface area contributed by atoms with Crippen LogP contribution in [-0.4, -0.2) is 86.2 Å². The molecule has 9 heteroatoms. The van der Waals surface area contributed by atoms with Gasteiger partial charge in [-0.2, -0.15) is 0 Å². The molecule has 2 aromatic heterocycles. The molecule has 1 aromatic carbocycles. The highest BCUT2D eigenvalue weighted by atomic mass is 32.1. The van der Waals surface area contributed by atoms with Crippen LogP contribution >= 0.6 is 11.3 Å². The van der Waals surface area contributed by atoms with E-state index in [1.54, 1.807) is 12.1 Å². The third-order valence-corrected chi connectivity index (χ3v) is 6.72. The van der Waals surface area contributed by atoms with E-state index < -0.39 is 0 Å². The third kappa shape index (κ3) is 5.61. The molecule has 1 aliphatic rings. The van der Waals surface area contributed by atoms with Gasteiger partial charge < -0.3 is 24.1 Å². The van der Waals surface area contributed by atoms with Crippen LogP contribution < -0.4 is 4.90 Å². The Kier molecular flexibility index (Phi) is 7.42. The predicted molar refractivity (Wildman–Crippen MR) is 129 cm³/mol. The smallest absolute Gasteiger partial charge is 0.264 e. The first-order valence-electron chi connectivity index (χ1n) is 11.1. The number of hydrogen-bond acceptors (Lipinski definition) is 7.